The number of nitrogens with zero attached hydrogens (tertiary/aromatic N) is 2. The number of esters is 2. The van der Waals surface area contributed by atoms with Gasteiger partial charge < -0.3 is 23.7 Å². The summed E-state index contributed by atoms with van der Waals surface area (Å²) in [4.78, 5) is 82.9. The minimum atomic E-state index is -1.09. The standard InChI is InChI=1S/C50H68N2O11/c1-14-28-51(45(57)62-49(8,9)10)41(47(2,3)4)43(55)60-32-39(53)37-24-20-35(21-25-37)36-22-26-38(27-23-36)40(54)33-61-44(56)42(48(5,6)7)52(46(58)63-50(11,12)13)29-30-59-31-34-18-16-15-17-19-34/h15-27,41-42H,14,28-33H2,1-13H3/t41-,42-/m1/s1. The molecule has 63 heavy (non-hydrogen) atoms. The van der Waals surface area contributed by atoms with E-state index >= 15 is 0 Å². The number of hydrogen-bond acceptors (Lipinski definition) is 11. The molecule has 0 unspecified atom stereocenters. The molecule has 0 aliphatic rings. The Morgan fingerprint density at radius 3 is 1.25 bits per heavy atom. The van der Waals surface area contributed by atoms with E-state index in [2.05, 4.69) is 0 Å². The maximum absolute atomic E-state index is 13.7. The summed E-state index contributed by atoms with van der Waals surface area (Å²) in [5.74, 6) is -2.31. The number of Topliss-reactive ketones (excluding diaryl/α,β-unsaturated/α-hetero) is 2. The highest BCUT2D eigenvalue weighted by Crippen LogP contribution is 2.30. The Kier molecular flexibility index (Phi) is 18.2. The molecular weight excluding hydrogens is 805 g/mol. The summed E-state index contributed by atoms with van der Waals surface area (Å²) in [7, 11) is 0. The van der Waals surface area contributed by atoms with E-state index in [4.69, 9.17) is 23.7 Å². The predicted octanol–water partition coefficient (Wildman–Crippen LogP) is 9.74. The van der Waals surface area contributed by atoms with Gasteiger partial charge in [-0.3, -0.25) is 19.4 Å². The highest BCUT2D eigenvalue weighted by Gasteiger charge is 2.43. The molecular formula is C50H68N2O11. The molecule has 3 aromatic rings. The Morgan fingerprint density at radius 1 is 0.524 bits per heavy atom. The number of amides is 2. The smallest absolute Gasteiger partial charge is 0.411 e. The molecule has 0 bridgehead atoms. The second-order valence-corrected chi connectivity index (χ2v) is 19.6. The van der Waals surface area contributed by atoms with E-state index in [1.54, 1.807) is 111 Å². The number of ketones is 2. The normalized spacial score (nSPS) is 13.0. The number of benzene rings is 3. The SMILES string of the molecule is CCCN(C(=O)OC(C)(C)C)[C@H](C(=O)OCC(=O)c1ccc(-c2ccc(C(=O)COC(=O)[C@@H](N(CCOCc3ccccc3)C(=O)OC(C)(C)C)C(C)(C)C)cc2)cc1)C(C)(C)C. The summed E-state index contributed by atoms with van der Waals surface area (Å²) < 4.78 is 28.2. The first-order chi connectivity index (χ1) is 29.2. The average molecular weight is 873 g/mol. The van der Waals surface area contributed by atoms with Crippen molar-refractivity contribution in [2.45, 2.75) is 126 Å². The minimum absolute atomic E-state index is 0.0456. The topological polar surface area (TPSA) is 155 Å². The zero-order chi connectivity index (χ0) is 47.3. The first-order valence-electron chi connectivity index (χ1n) is 21.4. The Hall–Kier alpha value is -5.56. The van der Waals surface area contributed by atoms with Crippen molar-refractivity contribution in [3.63, 3.8) is 0 Å². The molecule has 0 aromatic heterocycles. The van der Waals surface area contributed by atoms with Crippen molar-refractivity contribution >= 4 is 35.7 Å². The van der Waals surface area contributed by atoms with Crippen LogP contribution < -0.4 is 0 Å². The van der Waals surface area contributed by atoms with E-state index in [1.165, 1.54) is 9.80 Å². The van der Waals surface area contributed by atoms with Crippen LogP contribution in [0.5, 0.6) is 0 Å². The van der Waals surface area contributed by atoms with E-state index in [9.17, 15) is 28.8 Å². The summed E-state index contributed by atoms with van der Waals surface area (Å²) in [5.41, 5.74) is 0.0192. The van der Waals surface area contributed by atoms with Crippen LogP contribution in [0.1, 0.15) is 123 Å². The van der Waals surface area contributed by atoms with Gasteiger partial charge in [0.25, 0.3) is 0 Å². The van der Waals surface area contributed by atoms with Gasteiger partial charge in [0, 0.05) is 24.2 Å². The van der Waals surface area contributed by atoms with Gasteiger partial charge >= 0.3 is 24.1 Å². The lowest BCUT2D eigenvalue weighted by molar-refractivity contribution is -0.154. The average Bonchev–Trinajstić information content (AvgIpc) is 3.18. The quantitative estimate of drug-likeness (QED) is 0.0519. The van der Waals surface area contributed by atoms with Crippen LogP contribution in [0.4, 0.5) is 9.59 Å². The molecule has 0 radical (unpaired) electrons. The van der Waals surface area contributed by atoms with Crippen molar-refractivity contribution in [2.24, 2.45) is 10.8 Å². The van der Waals surface area contributed by atoms with Gasteiger partial charge in [-0.1, -0.05) is 127 Å². The predicted molar refractivity (Wildman–Crippen MR) is 241 cm³/mol. The van der Waals surface area contributed by atoms with Crippen LogP contribution in [-0.4, -0.2) is 102 Å². The summed E-state index contributed by atoms with van der Waals surface area (Å²) >= 11 is 0. The first-order valence-corrected chi connectivity index (χ1v) is 21.4. The lowest BCUT2D eigenvalue weighted by Gasteiger charge is -2.38. The zero-order valence-corrected chi connectivity index (χ0v) is 39.5. The number of carbonyl (C=O) groups is 6. The summed E-state index contributed by atoms with van der Waals surface area (Å²) in [6.45, 7) is 22.9. The second-order valence-electron chi connectivity index (χ2n) is 19.6. The second kappa shape index (κ2) is 22.2. The molecule has 0 N–H and O–H groups in total. The fraction of sp³-hybridized carbons (Fsp3) is 0.520. The monoisotopic (exact) mass is 872 g/mol. The molecule has 0 fully saturated rings. The third-order valence-corrected chi connectivity index (χ3v) is 9.46. The molecule has 0 aliphatic heterocycles. The van der Waals surface area contributed by atoms with Crippen LogP contribution in [0.3, 0.4) is 0 Å². The molecule has 0 spiro atoms. The van der Waals surface area contributed by atoms with Crippen LogP contribution in [0.25, 0.3) is 11.1 Å². The molecule has 0 saturated carbocycles. The van der Waals surface area contributed by atoms with Crippen LogP contribution in [-0.2, 0) is 39.9 Å². The van der Waals surface area contributed by atoms with Gasteiger partial charge in [0.05, 0.1) is 13.2 Å². The number of carbonyl (C=O) groups excluding carboxylic acids is 6. The highest BCUT2D eigenvalue weighted by atomic mass is 16.6. The van der Waals surface area contributed by atoms with Crippen molar-refractivity contribution < 1.29 is 52.5 Å². The van der Waals surface area contributed by atoms with Crippen LogP contribution in [0.15, 0.2) is 78.9 Å². The Bertz CT molecular complexity index is 2000. The maximum Gasteiger partial charge on any atom is 0.411 e. The van der Waals surface area contributed by atoms with Gasteiger partial charge in [-0.15, -0.1) is 0 Å². The van der Waals surface area contributed by atoms with E-state index < -0.39 is 83.0 Å². The Balaban J connectivity index is 1.66. The maximum atomic E-state index is 13.7. The van der Waals surface area contributed by atoms with Gasteiger partial charge in [-0.25, -0.2) is 19.2 Å². The van der Waals surface area contributed by atoms with E-state index in [0.717, 1.165) is 16.7 Å². The molecule has 13 heteroatoms. The lowest BCUT2D eigenvalue weighted by Crippen LogP contribution is -2.55. The molecule has 3 aromatic carbocycles. The summed E-state index contributed by atoms with van der Waals surface area (Å²) in [6.07, 6.45) is -0.748. The van der Waals surface area contributed by atoms with E-state index in [1.807, 2.05) is 58.0 Å². The molecule has 0 heterocycles. The zero-order valence-electron chi connectivity index (χ0n) is 39.5. The molecule has 3 rings (SSSR count). The highest BCUT2D eigenvalue weighted by molar-refractivity contribution is 6.00. The molecule has 0 saturated heterocycles. The Morgan fingerprint density at radius 2 is 0.905 bits per heavy atom. The van der Waals surface area contributed by atoms with Crippen molar-refractivity contribution in [1.82, 2.24) is 9.80 Å². The number of hydrogen-bond donors (Lipinski definition) is 0. The number of ether oxygens (including phenoxy) is 5. The van der Waals surface area contributed by atoms with Crippen molar-refractivity contribution in [3.8, 4) is 11.1 Å². The molecule has 2 amide bonds. The molecule has 344 valence electrons. The van der Waals surface area contributed by atoms with E-state index in [-0.39, 0.29) is 19.7 Å². The van der Waals surface area contributed by atoms with Crippen LogP contribution in [0, 0.1) is 10.8 Å². The molecule has 13 nitrogen and oxygen atoms in total. The summed E-state index contributed by atoms with van der Waals surface area (Å²) in [5, 5.41) is 0. The third-order valence-electron chi connectivity index (χ3n) is 9.46. The van der Waals surface area contributed by atoms with Crippen LogP contribution in [0.2, 0.25) is 0 Å². The molecule has 0 aliphatic carbocycles. The van der Waals surface area contributed by atoms with Gasteiger partial charge in [0.1, 0.15) is 23.3 Å². The van der Waals surface area contributed by atoms with Crippen molar-refractivity contribution in [2.75, 3.05) is 32.9 Å². The van der Waals surface area contributed by atoms with Gasteiger partial charge in [-0.2, -0.15) is 0 Å². The fourth-order valence-electron chi connectivity index (χ4n) is 6.65. The summed E-state index contributed by atoms with van der Waals surface area (Å²) in [6, 6.07) is 21.0. The van der Waals surface area contributed by atoms with Crippen molar-refractivity contribution in [1.29, 1.82) is 0 Å². The van der Waals surface area contributed by atoms with Gasteiger partial charge in [-0.05, 0) is 75.5 Å². The van der Waals surface area contributed by atoms with Crippen LogP contribution >= 0.6 is 0 Å². The van der Waals surface area contributed by atoms with Gasteiger partial charge in [0.2, 0.25) is 0 Å². The Labute approximate surface area is 373 Å². The van der Waals surface area contributed by atoms with E-state index in [0.29, 0.717) is 24.2 Å². The first kappa shape index (κ1) is 51.8. The lowest BCUT2D eigenvalue weighted by atomic mass is 9.85. The van der Waals surface area contributed by atoms with Crippen molar-refractivity contribution in [3.05, 3.63) is 95.6 Å². The fourth-order valence-corrected chi connectivity index (χ4v) is 6.65. The van der Waals surface area contributed by atoms with Gasteiger partial charge in [0.15, 0.2) is 24.8 Å². The minimum Gasteiger partial charge on any atom is -0.456 e. The third kappa shape index (κ3) is 16.6. The number of rotatable bonds is 18. The molecule has 2 atom stereocenters. The largest absolute Gasteiger partial charge is 0.456 e.